The molecule has 0 spiro atoms. The number of rotatable bonds is 3. The molecule has 6 heteroatoms. The van der Waals surface area contributed by atoms with Gasteiger partial charge in [0.15, 0.2) is 0 Å². The van der Waals surface area contributed by atoms with Crippen molar-refractivity contribution in [3.8, 4) is 0 Å². The standard InChI is InChI=1S/C18H25N3O3/c1-13-15(17(22)24-2)6-5-7-16(13)19-18(23)21-11-8-14(12-21)20-9-3-4-10-20/h5-7,14H,3-4,8-12H2,1-2H3,(H,19,23)/t14-/m0/s1. The fraction of sp³-hybridized carbons (Fsp3) is 0.556. The van der Waals surface area contributed by atoms with E-state index in [2.05, 4.69) is 10.2 Å². The maximum atomic E-state index is 12.6. The van der Waals surface area contributed by atoms with E-state index >= 15 is 0 Å². The topological polar surface area (TPSA) is 61.9 Å². The van der Waals surface area contributed by atoms with Gasteiger partial charge in [0.25, 0.3) is 0 Å². The molecule has 2 aliphatic heterocycles. The number of anilines is 1. The first kappa shape index (κ1) is 16.8. The number of carbonyl (C=O) groups is 2. The Labute approximate surface area is 142 Å². The molecule has 0 aromatic heterocycles. The fourth-order valence-electron chi connectivity index (χ4n) is 3.63. The van der Waals surface area contributed by atoms with Gasteiger partial charge in [-0.15, -0.1) is 0 Å². The normalized spacial score (nSPS) is 21.1. The van der Waals surface area contributed by atoms with Gasteiger partial charge in [0, 0.05) is 24.8 Å². The minimum Gasteiger partial charge on any atom is -0.465 e. The van der Waals surface area contributed by atoms with Gasteiger partial charge in [0.1, 0.15) is 0 Å². The van der Waals surface area contributed by atoms with Gasteiger partial charge in [-0.2, -0.15) is 0 Å². The van der Waals surface area contributed by atoms with Crippen LogP contribution in [0.3, 0.4) is 0 Å². The van der Waals surface area contributed by atoms with E-state index < -0.39 is 0 Å². The molecule has 0 saturated carbocycles. The molecule has 6 nitrogen and oxygen atoms in total. The zero-order valence-corrected chi connectivity index (χ0v) is 14.4. The minimum atomic E-state index is -0.390. The average molecular weight is 331 g/mol. The van der Waals surface area contributed by atoms with Crippen molar-refractivity contribution < 1.29 is 14.3 Å². The van der Waals surface area contributed by atoms with Gasteiger partial charge in [-0.3, -0.25) is 4.90 Å². The number of methoxy groups -OCH3 is 1. The van der Waals surface area contributed by atoms with Crippen molar-refractivity contribution >= 4 is 17.7 Å². The Hall–Kier alpha value is -2.08. The van der Waals surface area contributed by atoms with Crippen molar-refractivity contribution in [1.82, 2.24) is 9.80 Å². The van der Waals surface area contributed by atoms with Crippen molar-refractivity contribution in [2.75, 3.05) is 38.6 Å². The second-order valence-corrected chi connectivity index (χ2v) is 6.53. The number of benzene rings is 1. The molecule has 24 heavy (non-hydrogen) atoms. The summed E-state index contributed by atoms with van der Waals surface area (Å²) in [6, 6.07) is 5.66. The van der Waals surface area contributed by atoms with Gasteiger partial charge < -0.3 is 15.0 Å². The summed E-state index contributed by atoms with van der Waals surface area (Å²) in [6.45, 7) is 5.68. The maximum Gasteiger partial charge on any atom is 0.338 e. The molecule has 0 unspecified atom stereocenters. The molecule has 130 valence electrons. The summed E-state index contributed by atoms with van der Waals surface area (Å²) >= 11 is 0. The molecule has 3 rings (SSSR count). The van der Waals surface area contributed by atoms with Crippen LogP contribution in [0.1, 0.15) is 35.2 Å². The number of carbonyl (C=O) groups excluding carboxylic acids is 2. The second-order valence-electron chi connectivity index (χ2n) is 6.53. The zero-order valence-electron chi connectivity index (χ0n) is 14.4. The number of nitrogens with one attached hydrogen (secondary N) is 1. The van der Waals surface area contributed by atoms with E-state index in [0.717, 1.165) is 38.2 Å². The van der Waals surface area contributed by atoms with Crippen LogP contribution in [0.5, 0.6) is 0 Å². The predicted octanol–water partition coefficient (Wildman–Crippen LogP) is 2.48. The lowest BCUT2D eigenvalue weighted by molar-refractivity contribution is 0.0600. The largest absolute Gasteiger partial charge is 0.465 e. The van der Waals surface area contributed by atoms with Gasteiger partial charge in [0.2, 0.25) is 0 Å². The van der Waals surface area contributed by atoms with Crippen LogP contribution in [0.2, 0.25) is 0 Å². The number of urea groups is 1. The van der Waals surface area contributed by atoms with Crippen LogP contribution in [0.4, 0.5) is 10.5 Å². The third kappa shape index (κ3) is 3.38. The van der Waals surface area contributed by atoms with Gasteiger partial charge in [-0.05, 0) is 57.0 Å². The lowest BCUT2D eigenvalue weighted by atomic mass is 10.1. The third-order valence-electron chi connectivity index (χ3n) is 5.09. The second kappa shape index (κ2) is 7.21. The first-order valence-corrected chi connectivity index (χ1v) is 8.58. The van der Waals surface area contributed by atoms with Crippen molar-refractivity contribution in [3.05, 3.63) is 29.3 Å². The highest BCUT2D eigenvalue weighted by atomic mass is 16.5. The molecule has 0 radical (unpaired) electrons. The van der Waals surface area contributed by atoms with Crippen molar-refractivity contribution in [1.29, 1.82) is 0 Å². The lowest BCUT2D eigenvalue weighted by Gasteiger charge is -2.24. The van der Waals surface area contributed by atoms with Crippen LogP contribution in [-0.4, -0.2) is 61.1 Å². The maximum absolute atomic E-state index is 12.6. The highest BCUT2D eigenvalue weighted by molar-refractivity contribution is 5.96. The first-order valence-electron chi connectivity index (χ1n) is 8.58. The van der Waals surface area contributed by atoms with E-state index in [-0.39, 0.29) is 12.0 Å². The smallest absolute Gasteiger partial charge is 0.338 e. The molecule has 2 fully saturated rings. The van der Waals surface area contributed by atoms with Gasteiger partial charge in [-0.25, -0.2) is 9.59 Å². The first-order chi connectivity index (χ1) is 11.6. The molecule has 1 N–H and O–H groups in total. The average Bonchev–Trinajstić information content (AvgIpc) is 3.27. The number of esters is 1. The Morgan fingerprint density at radius 1 is 1.21 bits per heavy atom. The van der Waals surface area contributed by atoms with Crippen LogP contribution < -0.4 is 5.32 Å². The molecular formula is C18H25N3O3. The van der Waals surface area contributed by atoms with Crippen LogP contribution in [0.25, 0.3) is 0 Å². The summed E-state index contributed by atoms with van der Waals surface area (Å²) in [5, 5.41) is 2.94. The quantitative estimate of drug-likeness (QED) is 0.865. The van der Waals surface area contributed by atoms with Gasteiger partial charge in [0.05, 0.1) is 12.7 Å². The summed E-state index contributed by atoms with van der Waals surface area (Å²) in [7, 11) is 1.36. The molecule has 0 aliphatic carbocycles. The molecule has 2 heterocycles. The monoisotopic (exact) mass is 331 g/mol. The Morgan fingerprint density at radius 3 is 2.67 bits per heavy atom. The van der Waals surface area contributed by atoms with E-state index in [1.165, 1.54) is 20.0 Å². The van der Waals surface area contributed by atoms with E-state index in [0.29, 0.717) is 17.3 Å². The molecule has 1 atom stereocenters. The Morgan fingerprint density at radius 2 is 1.96 bits per heavy atom. The molecular weight excluding hydrogens is 306 g/mol. The zero-order chi connectivity index (χ0) is 17.1. The van der Waals surface area contributed by atoms with E-state index in [1.807, 2.05) is 17.9 Å². The molecule has 1 aromatic carbocycles. The Bertz CT molecular complexity index is 626. The van der Waals surface area contributed by atoms with Crippen molar-refractivity contribution in [3.63, 3.8) is 0 Å². The fourth-order valence-corrected chi connectivity index (χ4v) is 3.63. The Kier molecular flexibility index (Phi) is 5.04. The summed E-state index contributed by atoms with van der Waals surface area (Å²) in [5.74, 6) is -0.390. The van der Waals surface area contributed by atoms with Crippen LogP contribution >= 0.6 is 0 Å². The SMILES string of the molecule is COC(=O)c1cccc(NC(=O)N2CC[C@H](N3CCCC3)C2)c1C. The van der Waals surface area contributed by atoms with Crippen molar-refractivity contribution in [2.45, 2.75) is 32.2 Å². The Balaban J connectivity index is 1.64. The van der Waals surface area contributed by atoms with Crippen LogP contribution in [0.15, 0.2) is 18.2 Å². The third-order valence-corrected chi connectivity index (χ3v) is 5.09. The molecule has 1 aromatic rings. The summed E-state index contributed by atoms with van der Waals surface area (Å²) in [5.41, 5.74) is 1.87. The number of hydrogen-bond acceptors (Lipinski definition) is 4. The van der Waals surface area contributed by atoms with E-state index in [9.17, 15) is 9.59 Å². The molecule has 0 bridgehead atoms. The van der Waals surface area contributed by atoms with Crippen LogP contribution in [-0.2, 0) is 4.74 Å². The number of likely N-dealkylation sites (tertiary alicyclic amines) is 2. The number of nitrogens with zero attached hydrogens (tertiary/aromatic N) is 2. The van der Waals surface area contributed by atoms with Crippen molar-refractivity contribution in [2.24, 2.45) is 0 Å². The molecule has 2 amide bonds. The van der Waals surface area contributed by atoms with Crippen LogP contribution in [0, 0.1) is 6.92 Å². The summed E-state index contributed by atoms with van der Waals surface area (Å²) < 4.78 is 4.78. The molecule has 2 aliphatic rings. The predicted molar refractivity (Wildman–Crippen MR) is 92.3 cm³/mol. The van der Waals surface area contributed by atoms with Gasteiger partial charge >= 0.3 is 12.0 Å². The number of hydrogen-bond donors (Lipinski definition) is 1. The van der Waals surface area contributed by atoms with Gasteiger partial charge in [-0.1, -0.05) is 6.07 Å². The highest BCUT2D eigenvalue weighted by Crippen LogP contribution is 2.23. The summed E-state index contributed by atoms with van der Waals surface area (Å²) in [6.07, 6.45) is 3.57. The highest BCUT2D eigenvalue weighted by Gasteiger charge is 2.31. The lowest BCUT2D eigenvalue weighted by Crippen LogP contribution is -2.38. The number of amides is 2. The van der Waals surface area contributed by atoms with E-state index in [1.54, 1.807) is 12.1 Å². The number of ether oxygens (including phenoxy) is 1. The minimum absolute atomic E-state index is 0.0955. The summed E-state index contributed by atoms with van der Waals surface area (Å²) in [4.78, 5) is 28.7. The van der Waals surface area contributed by atoms with E-state index in [4.69, 9.17) is 4.74 Å². The molecule has 2 saturated heterocycles.